The summed E-state index contributed by atoms with van der Waals surface area (Å²) in [5.74, 6) is 1.14. The maximum atomic E-state index is 11.9. The molecule has 0 aliphatic rings. The van der Waals surface area contributed by atoms with Crippen LogP contribution in [-0.4, -0.2) is 29.5 Å². The third kappa shape index (κ3) is 5.51. The van der Waals surface area contributed by atoms with Crippen molar-refractivity contribution < 1.29 is 9.53 Å². The molecule has 3 N–H and O–H groups in total. The molecule has 2 aromatic rings. The number of aromatic nitrogens is 2. The number of nitrogens with one attached hydrogen (secondary N) is 3. The highest BCUT2D eigenvalue weighted by atomic mass is 16.5. The molecule has 0 saturated carbocycles. The molecule has 0 unspecified atom stereocenters. The van der Waals surface area contributed by atoms with Crippen molar-refractivity contribution in [3.63, 3.8) is 0 Å². The van der Waals surface area contributed by atoms with E-state index in [1.165, 1.54) is 6.20 Å². The van der Waals surface area contributed by atoms with Gasteiger partial charge in [-0.25, -0.2) is 15.4 Å². The first-order chi connectivity index (χ1) is 11.7. The Morgan fingerprint density at radius 1 is 1.17 bits per heavy atom. The number of hydrogen-bond donors (Lipinski definition) is 3. The number of methoxy groups -OCH3 is 1. The van der Waals surface area contributed by atoms with Crippen LogP contribution in [0.2, 0.25) is 0 Å². The summed E-state index contributed by atoms with van der Waals surface area (Å²) in [4.78, 5) is 20.2. The van der Waals surface area contributed by atoms with E-state index in [1.807, 2.05) is 24.3 Å². The molecular weight excluding hydrogens is 306 g/mol. The lowest BCUT2D eigenvalue weighted by atomic mass is 10.2. The lowest BCUT2D eigenvalue weighted by molar-refractivity contribution is 0.0927. The molecule has 24 heavy (non-hydrogen) atoms. The average Bonchev–Trinajstić information content (AvgIpc) is 2.64. The molecule has 0 atom stereocenters. The number of benzene rings is 1. The Labute approximate surface area is 141 Å². The molecule has 1 heterocycles. The van der Waals surface area contributed by atoms with E-state index in [9.17, 15) is 4.79 Å². The second kappa shape index (κ2) is 9.46. The summed E-state index contributed by atoms with van der Waals surface area (Å²) in [7, 11) is 1.64. The van der Waals surface area contributed by atoms with Crippen LogP contribution < -0.4 is 20.9 Å². The predicted molar refractivity (Wildman–Crippen MR) is 92.7 cm³/mol. The van der Waals surface area contributed by atoms with Crippen molar-refractivity contribution in [1.29, 1.82) is 0 Å². The molecule has 0 fully saturated rings. The lowest BCUT2D eigenvalue weighted by Gasteiger charge is -2.08. The fraction of sp³-hybridized carbons (Fsp3) is 0.353. The van der Waals surface area contributed by atoms with E-state index in [1.54, 1.807) is 13.3 Å². The second-order valence-corrected chi connectivity index (χ2v) is 5.22. The first kappa shape index (κ1) is 17.7. The normalized spacial score (nSPS) is 10.2. The van der Waals surface area contributed by atoms with Crippen LogP contribution in [-0.2, 0) is 6.54 Å². The minimum Gasteiger partial charge on any atom is -0.497 e. The van der Waals surface area contributed by atoms with Crippen LogP contribution in [0.15, 0.2) is 36.7 Å². The molecule has 7 nitrogen and oxygen atoms in total. The van der Waals surface area contributed by atoms with Crippen LogP contribution in [0, 0.1) is 0 Å². The van der Waals surface area contributed by atoms with Crippen molar-refractivity contribution in [2.45, 2.75) is 26.3 Å². The van der Waals surface area contributed by atoms with Crippen LogP contribution in [0.1, 0.15) is 35.8 Å². The Hall–Kier alpha value is -2.67. The molecular formula is C17H23N5O2. The smallest absolute Gasteiger partial charge is 0.285 e. The number of anilines is 1. The molecule has 0 spiro atoms. The molecule has 1 aromatic carbocycles. The number of hydrogen-bond acceptors (Lipinski definition) is 6. The number of ether oxygens (including phenoxy) is 1. The molecule has 0 bridgehead atoms. The van der Waals surface area contributed by atoms with E-state index in [0.717, 1.165) is 30.7 Å². The zero-order valence-corrected chi connectivity index (χ0v) is 14.0. The van der Waals surface area contributed by atoms with Crippen LogP contribution >= 0.6 is 0 Å². The van der Waals surface area contributed by atoms with Crippen LogP contribution in [0.3, 0.4) is 0 Å². The number of unbranched alkanes of at least 4 members (excludes halogenated alkanes) is 1. The molecule has 128 valence electrons. The zero-order valence-electron chi connectivity index (χ0n) is 14.0. The SMILES string of the molecule is CCCCNNC(=O)c1cnc(NCc2ccc(OC)cc2)cn1. The number of nitrogens with zero attached hydrogens (tertiary/aromatic N) is 2. The summed E-state index contributed by atoms with van der Waals surface area (Å²) in [6, 6.07) is 7.76. The van der Waals surface area contributed by atoms with Gasteiger partial charge in [-0.15, -0.1) is 0 Å². The van der Waals surface area contributed by atoms with Crippen molar-refractivity contribution in [2.75, 3.05) is 19.0 Å². The first-order valence-corrected chi connectivity index (χ1v) is 7.95. The number of rotatable bonds is 9. The molecule has 7 heteroatoms. The van der Waals surface area contributed by atoms with Gasteiger partial charge in [-0.2, -0.15) is 0 Å². The summed E-state index contributed by atoms with van der Waals surface area (Å²) < 4.78 is 5.12. The molecule has 0 aliphatic carbocycles. The minimum absolute atomic E-state index is 0.272. The van der Waals surface area contributed by atoms with Crippen molar-refractivity contribution in [1.82, 2.24) is 20.8 Å². The number of amides is 1. The van der Waals surface area contributed by atoms with Gasteiger partial charge >= 0.3 is 0 Å². The largest absolute Gasteiger partial charge is 0.497 e. The van der Waals surface area contributed by atoms with Crippen molar-refractivity contribution >= 4 is 11.7 Å². The number of carbonyl (C=O) groups excluding carboxylic acids is 1. The maximum Gasteiger partial charge on any atom is 0.285 e. The lowest BCUT2D eigenvalue weighted by Crippen LogP contribution is -2.38. The van der Waals surface area contributed by atoms with Crippen molar-refractivity contribution in [2.24, 2.45) is 0 Å². The van der Waals surface area contributed by atoms with E-state index in [0.29, 0.717) is 12.4 Å². The van der Waals surface area contributed by atoms with Crippen molar-refractivity contribution in [3.05, 3.63) is 47.9 Å². The van der Waals surface area contributed by atoms with E-state index < -0.39 is 0 Å². The van der Waals surface area contributed by atoms with Gasteiger partial charge in [0.15, 0.2) is 0 Å². The average molecular weight is 329 g/mol. The Morgan fingerprint density at radius 3 is 2.58 bits per heavy atom. The van der Waals surface area contributed by atoms with E-state index in [-0.39, 0.29) is 11.6 Å². The molecule has 1 aromatic heterocycles. The summed E-state index contributed by atoms with van der Waals surface area (Å²) >= 11 is 0. The molecule has 1 amide bonds. The maximum absolute atomic E-state index is 11.9. The molecule has 0 aliphatic heterocycles. The highest BCUT2D eigenvalue weighted by molar-refractivity contribution is 5.91. The van der Waals surface area contributed by atoms with E-state index in [2.05, 4.69) is 33.1 Å². The van der Waals surface area contributed by atoms with Gasteiger partial charge in [0.25, 0.3) is 5.91 Å². The van der Waals surface area contributed by atoms with E-state index >= 15 is 0 Å². The summed E-state index contributed by atoms with van der Waals surface area (Å²) in [6.45, 7) is 3.44. The van der Waals surface area contributed by atoms with Gasteiger partial charge in [0.2, 0.25) is 0 Å². The fourth-order valence-electron chi connectivity index (χ4n) is 1.94. The zero-order chi connectivity index (χ0) is 17.2. The Bertz CT molecular complexity index is 628. The van der Waals surface area contributed by atoms with Crippen LogP contribution in [0.25, 0.3) is 0 Å². The molecule has 0 saturated heterocycles. The Kier molecular flexibility index (Phi) is 6.97. The Balaban J connectivity index is 1.81. The molecule has 2 rings (SSSR count). The van der Waals surface area contributed by atoms with Gasteiger partial charge in [-0.3, -0.25) is 10.2 Å². The predicted octanol–water partition coefficient (Wildman–Crippen LogP) is 2.13. The third-order valence-corrected chi connectivity index (χ3v) is 3.37. The van der Waals surface area contributed by atoms with Gasteiger partial charge in [0, 0.05) is 13.1 Å². The number of hydrazine groups is 1. The van der Waals surface area contributed by atoms with Gasteiger partial charge < -0.3 is 10.1 Å². The second-order valence-electron chi connectivity index (χ2n) is 5.22. The van der Waals surface area contributed by atoms with Crippen LogP contribution in [0.4, 0.5) is 5.82 Å². The van der Waals surface area contributed by atoms with Gasteiger partial charge in [-0.05, 0) is 24.1 Å². The van der Waals surface area contributed by atoms with Gasteiger partial charge in [0.05, 0.1) is 19.5 Å². The quantitative estimate of drug-likeness (QED) is 0.482. The highest BCUT2D eigenvalue weighted by Crippen LogP contribution is 2.12. The van der Waals surface area contributed by atoms with Crippen LogP contribution in [0.5, 0.6) is 5.75 Å². The number of carbonyl (C=O) groups is 1. The highest BCUT2D eigenvalue weighted by Gasteiger charge is 2.07. The topological polar surface area (TPSA) is 88.2 Å². The van der Waals surface area contributed by atoms with Gasteiger partial charge in [-0.1, -0.05) is 25.5 Å². The summed E-state index contributed by atoms with van der Waals surface area (Å²) in [5, 5.41) is 3.16. The fourth-order valence-corrected chi connectivity index (χ4v) is 1.94. The van der Waals surface area contributed by atoms with Crippen molar-refractivity contribution in [3.8, 4) is 5.75 Å². The first-order valence-electron chi connectivity index (χ1n) is 7.95. The summed E-state index contributed by atoms with van der Waals surface area (Å²) in [6.07, 6.45) is 5.06. The monoisotopic (exact) mass is 329 g/mol. The van der Waals surface area contributed by atoms with Gasteiger partial charge in [0.1, 0.15) is 17.3 Å². The van der Waals surface area contributed by atoms with E-state index in [4.69, 9.17) is 4.74 Å². The molecule has 0 radical (unpaired) electrons. The minimum atomic E-state index is -0.291. The standard InChI is InChI=1S/C17H23N5O2/c1-3-4-9-21-22-17(23)15-11-20-16(12-18-15)19-10-13-5-7-14(24-2)8-6-13/h5-8,11-12,21H,3-4,9-10H2,1-2H3,(H,19,20)(H,22,23). The Morgan fingerprint density at radius 2 is 1.96 bits per heavy atom. The third-order valence-electron chi connectivity index (χ3n) is 3.37. The summed E-state index contributed by atoms with van der Waals surface area (Å²) in [5.41, 5.74) is 6.83.